The Balaban J connectivity index is 1.24. The maximum Gasteiger partial charge on any atom is 0.416 e. The number of ether oxygens (including phenoxy) is 1. The normalized spacial score (nSPS) is 18.1. The Morgan fingerprint density at radius 2 is 1.70 bits per heavy atom. The molecule has 0 saturated carbocycles. The first-order chi connectivity index (χ1) is 21.0. The van der Waals surface area contributed by atoms with Crippen molar-refractivity contribution in [3.8, 4) is 0 Å². The number of piperazine rings is 1. The van der Waals surface area contributed by atoms with Crippen LogP contribution >= 0.6 is 0 Å². The highest BCUT2D eigenvalue weighted by Gasteiger charge is 2.53. The number of carbonyl (C=O) groups is 4. The van der Waals surface area contributed by atoms with Crippen LogP contribution in [0.3, 0.4) is 0 Å². The van der Waals surface area contributed by atoms with Crippen LogP contribution in [-0.4, -0.2) is 71.5 Å². The Hall–Kier alpha value is -4.29. The lowest BCUT2D eigenvalue weighted by Crippen LogP contribution is -2.73. The summed E-state index contributed by atoms with van der Waals surface area (Å²) in [6, 6.07) is 12.4. The average molecular weight is 618 g/mol. The van der Waals surface area contributed by atoms with E-state index in [1.807, 2.05) is 37.3 Å². The molecule has 0 aliphatic carbocycles. The third-order valence-electron chi connectivity index (χ3n) is 8.00. The number of alkyl halides is 3. The molecular weight excluding hydrogens is 579 g/mol. The van der Waals surface area contributed by atoms with E-state index in [1.165, 1.54) is 17.0 Å². The van der Waals surface area contributed by atoms with Gasteiger partial charge in [-0.1, -0.05) is 37.3 Å². The number of piperidine rings is 1. The van der Waals surface area contributed by atoms with Crippen molar-refractivity contribution in [2.24, 2.45) is 0 Å². The van der Waals surface area contributed by atoms with Gasteiger partial charge in [-0.2, -0.15) is 13.2 Å². The van der Waals surface area contributed by atoms with E-state index in [0.29, 0.717) is 38.8 Å². The number of nitrogens with zero attached hydrogens (tertiary/aromatic N) is 2. The minimum Gasteiger partial charge on any atom is -0.445 e. The number of alkyl carbamates (subject to hydrolysis) is 1. The van der Waals surface area contributed by atoms with Gasteiger partial charge in [0.05, 0.1) is 5.56 Å². The Labute approximate surface area is 254 Å². The van der Waals surface area contributed by atoms with E-state index in [1.54, 1.807) is 4.90 Å². The third-order valence-corrected chi connectivity index (χ3v) is 8.00. The van der Waals surface area contributed by atoms with Gasteiger partial charge in [-0.25, -0.2) is 9.59 Å². The molecule has 3 N–H and O–H groups in total. The molecule has 1 atom stereocenters. The summed E-state index contributed by atoms with van der Waals surface area (Å²) in [5, 5.41) is 8.20. The first kappa shape index (κ1) is 32.6. The van der Waals surface area contributed by atoms with Gasteiger partial charge in [-0.3, -0.25) is 9.59 Å². The molecule has 238 valence electrons. The van der Waals surface area contributed by atoms with E-state index in [0.717, 1.165) is 17.7 Å². The number of carbonyl (C=O) groups excluding carboxylic acids is 4. The van der Waals surface area contributed by atoms with Crippen molar-refractivity contribution in [1.82, 2.24) is 20.4 Å². The van der Waals surface area contributed by atoms with Crippen molar-refractivity contribution in [2.45, 2.75) is 69.8 Å². The maximum absolute atomic E-state index is 13.5. The molecule has 4 rings (SSSR count). The SMILES string of the molecule is CCCN1C(=O)[C@H](CCCCNC(=O)OCc2ccccc2)NC(=O)C12CCN(C(=O)Nc1ccc(C(F)(F)F)cc1)CC2. The number of likely N-dealkylation sites (tertiary alicyclic amines) is 1. The number of urea groups is 1. The molecule has 2 aliphatic rings. The number of rotatable bonds is 10. The van der Waals surface area contributed by atoms with E-state index in [2.05, 4.69) is 16.0 Å². The third kappa shape index (κ3) is 8.00. The molecule has 44 heavy (non-hydrogen) atoms. The van der Waals surface area contributed by atoms with Gasteiger partial charge in [0.2, 0.25) is 11.8 Å². The summed E-state index contributed by atoms with van der Waals surface area (Å²) in [5.41, 5.74) is -0.772. The first-order valence-corrected chi connectivity index (χ1v) is 14.8. The highest BCUT2D eigenvalue weighted by molar-refractivity contribution is 6.00. The Morgan fingerprint density at radius 3 is 2.34 bits per heavy atom. The molecule has 10 nitrogen and oxygen atoms in total. The molecule has 2 fully saturated rings. The van der Waals surface area contributed by atoms with Crippen LogP contribution in [0.15, 0.2) is 54.6 Å². The molecule has 0 aromatic heterocycles. The number of anilines is 1. The minimum atomic E-state index is -4.47. The van der Waals surface area contributed by atoms with Gasteiger partial charge >= 0.3 is 18.3 Å². The zero-order chi connectivity index (χ0) is 31.7. The van der Waals surface area contributed by atoms with Crippen LogP contribution in [0.2, 0.25) is 0 Å². The summed E-state index contributed by atoms with van der Waals surface area (Å²) in [5.74, 6) is -0.412. The fourth-order valence-corrected chi connectivity index (χ4v) is 5.58. The second-order valence-electron chi connectivity index (χ2n) is 11.0. The van der Waals surface area contributed by atoms with E-state index in [-0.39, 0.29) is 50.0 Å². The average Bonchev–Trinajstić information content (AvgIpc) is 3.01. The van der Waals surface area contributed by atoms with Crippen molar-refractivity contribution in [3.05, 3.63) is 65.7 Å². The van der Waals surface area contributed by atoms with Gasteiger partial charge in [0, 0.05) is 31.9 Å². The predicted molar refractivity (Wildman–Crippen MR) is 156 cm³/mol. The lowest BCUT2D eigenvalue weighted by molar-refractivity contribution is -0.161. The van der Waals surface area contributed by atoms with E-state index in [9.17, 15) is 32.3 Å². The lowest BCUT2D eigenvalue weighted by Gasteiger charge is -2.51. The van der Waals surface area contributed by atoms with Gasteiger partial charge in [-0.15, -0.1) is 0 Å². The molecule has 2 aliphatic heterocycles. The molecular formula is C31H38F3N5O5. The topological polar surface area (TPSA) is 120 Å². The number of unbranched alkanes of at least 4 members (excludes halogenated alkanes) is 1. The van der Waals surface area contributed by atoms with Crippen LogP contribution in [0, 0.1) is 0 Å². The fraction of sp³-hybridized carbons (Fsp3) is 0.484. The predicted octanol–water partition coefficient (Wildman–Crippen LogP) is 4.91. The molecule has 0 radical (unpaired) electrons. The Bertz CT molecular complexity index is 1300. The van der Waals surface area contributed by atoms with Gasteiger partial charge < -0.3 is 30.5 Å². The number of benzene rings is 2. The molecule has 2 aromatic carbocycles. The molecule has 0 unspecified atom stereocenters. The molecule has 2 heterocycles. The first-order valence-electron chi connectivity index (χ1n) is 14.8. The minimum absolute atomic E-state index is 0.163. The van der Waals surface area contributed by atoms with Crippen molar-refractivity contribution >= 4 is 29.6 Å². The number of nitrogens with one attached hydrogen (secondary N) is 3. The van der Waals surface area contributed by atoms with Gasteiger partial charge in [0.25, 0.3) is 0 Å². The zero-order valence-electron chi connectivity index (χ0n) is 24.6. The molecule has 0 bridgehead atoms. The summed E-state index contributed by atoms with van der Waals surface area (Å²) >= 11 is 0. The number of amides is 5. The second kappa shape index (κ2) is 14.5. The smallest absolute Gasteiger partial charge is 0.416 e. The summed E-state index contributed by atoms with van der Waals surface area (Å²) in [6.45, 7) is 3.27. The van der Waals surface area contributed by atoms with Gasteiger partial charge in [0.1, 0.15) is 18.2 Å². The summed E-state index contributed by atoms with van der Waals surface area (Å²) in [6.07, 6.45) is -2.24. The van der Waals surface area contributed by atoms with Crippen LogP contribution in [0.4, 0.5) is 28.4 Å². The second-order valence-corrected chi connectivity index (χ2v) is 11.0. The quantitative estimate of drug-likeness (QED) is 0.328. The van der Waals surface area contributed by atoms with Crippen molar-refractivity contribution in [2.75, 3.05) is 31.5 Å². The van der Waals surface area contributed by atoms with Gasteiger partial charge in [0.15, 0.2) is 0 Å². The lowest BCUT2D eigenvalue weighted by atomic mass is 9.81. The van der Waals surface area contributed by atoms with Crippen molar-refractivity contribution < 1.29 is 37.1 Å². The Kier molecular flexibility index (Phi) is 10.7. The van der Waals surface area contributed by atoms with E-state index in [4.69, 9.17) is 4.74 Å². The van der Waals surface area contributed by atoms with Crippen LogP contribution in [0.25, 0.3) is 0 Å². The number of hydrogen-bond donors (Lipinski definition) is 3. The van der Waals surface area contributed by atoms with Crippen LogP contribution < -0.4 is 16.0 Å². The summed E-state index contributed by atoms with van der Waals surface area (Å²) in [4.78, 5) is 54.9. The van der Waals surface area contributed by atoms with Crippen LogP contribution in [0.5, 0.6) is 0 Å². The zero-order valence-corrected chi connectivity index (χ0v) is 24.6. The molecule has 2 saturated heterocycles. The summed E-state index contributed by atoms with van der Waals surface area (Å²) < 4.78 is 43.7. The molecule has 2 aromatic rings. The van der Waals surface area contributed by atoms with Crippen LogP contribution in [0.1, 0.15) is 56.6 Å². The molecule has 5 amide bonds. The van der Waals surface area contributed by atoms with Crippen molar-refractivity contribution in [1.29, 1.82) is 0 Å². The maximum atomic E-state index is 13.5. The summed E-state index contributed by atoms with van der Waals surface area (Å²) in [7, 11) is 0. The van der Waals surface area contributed by atoms with Gasteiger partial charge in [-0.05, 0) is 68.4 Å². The van der Waals surface area contributed by atoms with Crippen LogP contribution in [-0.2, 0) is 27.1 Å². The highest BCUT2D eigenvalue weighted by Crippen LogP contribution is 2.34. The standard InChI is InChI=1S/C31H38F3N5O5/c1-2-18-39-26(40)25(10-6-7-17-35-29(43)44-21-22-8-4-3-5-9-22)37-27(41)30(39)15-19-38(20-16-30)28(42)36-24-13-11-23(12-14-24)31(32,33)34/h3-5,8-9,11-14,25H,2,6-7,10,15-21H2,1H3,(H,35,43)(H,36,42)(H,37,41)/t25-/m0/s1. The number of hydrogen-bond acceptors (Lipinski definition) is 5. The highest BCUT2D eigenvalue weighted by atomic mass is 19.4. The number of halogens is 3. The van der Waals surface area contributed by atoms with E-state index < -0.39 is 35.4 Å². The molecule has 13 heteroatoms. The largest absolute Gasteiger partial charge is 0.445 e. The van der Waals surface area contributed by atoms with E-state index >= 15 is 0 Å². The Morgan fingerprint density at radius 1 is 1.02 bits per heavy atom. The molecule has 1 spiro atoms. The monoisotopic (exact) mass is 617 g/mol. The van der Waals surface area contributed by atoms with Crippen molar-refractivity contribution in [3.63, 3.8) is 0 Å². The fourth-order valence-electron chi connectivity index (χ4n) is 5.58.